The first kappa shape index (κ1) is 8.81. The van der Waals surface area contributed by atoms with Gasteiger partial charge >= 0.3 is 5.97 Å². The zero-order chi connectivity index (χ0) is 8.97. The molecule has 1 N–H and O–H groups in total. The van der Waals surface area contributed by atoms with Crippen molar-refractivity contribution < 1.29 is 9.90 Å². The summed E-state index contributed by atoms with van der Waals surface area (Å²) in [6.07, 6.45) is 2.57. The molecular formula is C9H7ClO2. The molecule has 0 atom stereocenters. The minimum Gasteiger partial charge on any atom is -0.478 e. The molecule has 0 aliphatic heterocycles. The number of carbonyl (C=O) groups is 1. The third kappa shape index (κ3) is 2.76. The Hall–Kier alpha value is -1.28. The van der Waals surface area contributed by atoms with Crippen molar-refractivity contribution in [2.45, 2.75) is 0 Å². The molecule has 0 radical (unpaired) electrons. The van der Waals surface area contributed by atoms with E-state index < -0.39 is 5.97 Å². The van der Waals surface area contributed by atoms with Gasteiger partial charge in [0.1, 0.15) is 0 Å². The predicted molar refractivity (Wildman–Crippen MR) is 48.1 cm³/mol. The van der Waals surface area contributed by atoms with Crippen LogP contribution in [0.15, 0.2) is 30.3 Å². The van der Waals surface area contributed by atoms with Crippen LogP contribution >= 0.6 is 11.6 Å². The molecule has 0 heterocycles. The van der Waals surface area contributed by atoms with Crippen LogP contribution in [0.2, 0.25) is 5.02 Å². The zero-order valence-electron chi connectivity index (χ0n) is 6.20. The molecule has 0 fully saturated rings. The van der Waals surface area contributed by atoms with Crippen molar-refractivity contribution in [3.63, 3.8) is 0 Å². The first-order chi connectivity index (χ1) is 5.68. The molecule has 0 aliphatic rings. The van der Waals surface area contributed by atoms with Crippen LogP contribution < -0.4 is 0 Å². The fraction of sp³-hybridized carbons (Fsp3) is 0. The molecule has 0 aromatic heterocycles. The average molecular weight is 183 g/mol. The van der Waals surface area contributed by atoms with Gasteiger partial charge in [-0.05, 0) is 23.8 Å². The Balaban J connectivity index is 2.83. The largest absolute Gasteiger partial charge is 0.478 e. The summed E-state index contributed by atoms with van der Waals surface area (Å²) >= 11 is 5.68. The Morgan fingerprint density at radius 2 is 2.25 bits per heavy atom. The van der Waals surface area contributed by atoms with Gasteiger partial charge in [-0.3, -0.25) is 0 Å². The quantitative estimate of drug-likeness (QED) is 0.714. The van der Waals surface area contributed by atoms with Gasteiger partial charge in [-0.25, -0.2) is 4.79 Å². The van der Waals surface area contributed by atoms with Crippen molar-refractivity contribution in [3.8, 4) is 0 Å². The van der Waals surface area contributed by atoms with Crippen molar-refractivity contribution >= 4 is 23.6 Å². The van der Waals surface area contributed by atoms with Crippen LogP contribution in [0.1, 0.15) is 5.56 Å². The van der Waals surface area contributed by atoms with Gasteiger partial charge in [-0.2, -0.15) is 0 Å². The highest BCUT2D eigenvalue weighted by Crippen LogP contribution is 2.11. The molecule has 0 amide bonds. The summed E-state index contributed by atoms with van der Waals surface area (Å²) in [7, 11) is 0. The molecule has 1 aromatic carbocycles. The van der Waals surface area contributed by atoms with E-state index in [9.17, 15) is 4.79 Å². The smallest absolute Gasteiger partial charge is 0.328 e. The van der Waals surface area contributed by atoms with Gasteiger partial charge in [-0.1, -0.05) is 23.7 Å². The Morgan fingerprint density at radius 1 is 1.50 bits per heavy atom. The van der Waals surface area contributed by atoms with Gasteiger partial charge in [0.2, 0.25) is 0 Å². The van der Waals surface area contributed by atoms with Crippen molar-refractivity contribution in [1.82, 2.24) is 0 Å². The predicted octanol–water partition coefficient (Wildman–Crippen LogP) is 2.44. The van der Waals surface area contributed by atoms with E-state index in [2.05, 4.69) is 0 Å². The van der Waals surface area contributed by atoms with Gasteiger partial charge in [0, 0.05) is 11.1 Å². The number of carboxylic acids is 1. The van der Waals surface area contributed by atoms with Crippen LogP contribution in [0, 0.1) is 0 Å². The Bertz CT molecular complexity index is 318. The number of rotatable bonds is 2. The van der Waals surface area contributed by atoms with Crippen LogP contribution in [-0.4, -0.2) is 11.1 Å². The SMILES string of the molecule is O=C(O)/C=C\c1cccc(Cl)c1. The van der Waals surface area contributed by atoms with E-state index in [-0.39, 0.29) is 0 Å². The van der Waals surface area contributed by atoms with Crippen LogP contribution in [0.25, 0.3) is 6.08 Å². The van der Waals surface area contributed by atoms with Gasteiger partial charge in [-0.15, -0.1) is 0 Å². The normalized spacial score (nSPS) is 10.4. The lowest BCUT2D eigenvalue weighted by Crippen LogP contribution is -1.85. The molecular weight excluding hydrogens is 176 g/mol. The number of hydrogen-bond donors (Lipinski definition) is 1. The van der Waals surface area contributed by atoms with Crippen LogP contribution in [0.3, 0.4) is 0 Å². The second kappa shape index (κ2) is 3.93. The molecule has 1 aromatic rings. The van der Waals surface area contributed by atoms with Gasteiger partial charge in [0.15, 0.2) is 0 Å². The molecule has 0 bridgehead atoms. The summed E-state index contributed by atoms with van der Waals surface area (Å²) in [6, 6.07) is 6.98. The standard InChI is InChI=1S/C9H7ClO2/c10-8-3-1-2-7(6-8)4-5-9(11)12/h1-6H,(H,11,12)/b5-4-. The van der Waals surface area contributed by atoms with E-state index in [0.29, 0.717) is 5.02 Å². The Morgan fingerprint density at radius 3 is 2.83 bits per heavy atom. The zero-order valence-corrected chi connectivity index (χ0v) is 6.95. The summed E-state index contributed by atoms with van der Waals surface area (Å²) in [4.78, 5) is 10.1. The van der Waals surface area contributed by atoms with E-state index in [1.54, 1.807) is 24.3 Å². The molecule has 12 heavy (non-hydrogen) atoms. The summed E-state index contributed by atoms with van der Waals surface area (Å²) in [5.74, 6) is -0.963. The van der Waals surface area contributed by atoms with Crippen LogP contribution in [0.4, 0.5) is 0 Å². The highest BCUT2D eigenvalue weighted by molar-refractivity contribution is 6.30. The second-order valence-electron chi connectivity index (χ2n) is 2.23. The summed E-state index contributed by atoms with van der Waals surface area (Å²) in [5.41, 5.74) is 0.782. The maximum absolute atomic E-state index is 10.1. The third-order valence-corrected chi connectivity index (χ3v) is 1.50. The number of aliphatic carboxylic acids is 1. The lowest BCUT2D eigenvalue weighted by atomic mass is 10.2. The lowest BCUT2D eigenvalue weighted by molar-refractivity contribution is -0.131. The van der Waals surface area contributed by atoms with E-state index in [1.807, 2.05) is 0 Å². The van der Waals surface area contributed by atoms with E-state index in [1.165, 1.54) is 6.08 Å². The van der Waals surface area contributed by atoms with Crippen LogP contribution in [0.5, 0.6) is 0 Å². The van der Waals surface area contributed by atoms with E-state index in [4.69, 9.17) is 16.7 Å². The molecule has 2 nitrogen and oxygen atoms in total. The average Bonchev–Trinajstić information content (AvgIpc) is 2.01. The van der Waals surface area contributed by atoms with Crippen molar-refractivity contribution in [2.75, 3.05) is 0 Å². The molecule has 0 unspecified atom stereocenters. The van der Waals surface area contributed by atoms with Crippen molar-refractivity contribution in [1.29, 1.82) is 0 Å². The van der Waals surface area contributed by atoms with Gasteiger partial charge < -0.3 is 5.11 Å². The number of hydrogen-bond acceptors (Lipinski definition) is 1. The van der Waals surface area contributed by atoms with Gasteiger partial charge in [0.25, 0.3) is 0 Å². The number of carboxylic acid groups (broad SMARTS) is 1. The topological polar surface area (TPSA) is 37.3 Å². The molecule has 0 saturated heterocycles. The molecule has 1 rings (SSSR count). The fourth-order valence-corrected chi connectivity index (χ4v) is 0.977. The first-order valence-corrected chi connectivity index (χ1v) is 3.73. The number of halogens is 1. The van der Waals surface area contributed by atoms with Crippen molar-refractivity contribution in [3.05, 3.63) is 40.9 Å². The summed E-state index contributed by atoms with van der Waals surface area (Å²) in [5, 5.41) is 8.92. The molecule has 0 saturated carbocycles. The molecule has 3 heteroatoms. The third-order valence-electron chi connectivity index (χ3n) is 1.27. The Labute approximate surface area is 75.1 Å². The second-order valence-corrected chi connectivity index (χ2v) is 2.66. The summed E-state index contributed by atoms with van der Waals surface area (Å²) in [6.45, 7) is 0. The monoisotopic (exact) mass is 182 g/mol. The van der Waals surface area contributed by atoms with Crippen LogP contribution in [-0.2, 0) is 4.79 Å². The number of benzene rings is 1. The highest BCUT2D eigenvalue weighted by atomic mass is 35.5. The van der Waals surface area contributed by atoms with Crippen molar-refractivity contribution in [2.24, 2.45) is 0 Å². The molecule has 62 valence electrons. The maximum Gasteiger partial charge on any atom is 0.328 e. The van der Waals surface area contributed by atoms with E-state index >= 15 is 0 Å². The minimum absolute atomic E-state index is 0.600. The molecule has 0 aliphatic carbocycles. The lowest BCUT2D eigenvalue weighted by Gasteiger charge is -1.92. The minimum atomic E-state index is -0.963. The van der Waals surface area contributed by atoms with E-state index in [0.717, 1.165) is 11.6 Å². The Kier molecular flexibility index (Phi) is 2.88. The maximum atomic E-state index is 10.1. The summed E-state index contributed by atoms with van der Waals surface area (Å²) < 4.78 is 0. The highest BCUT2D eigenvalue weighted by Gasteiger charge is 1.90. The molecule has 0 spiro atoms. The fourth-order valence-electron chi connectivity index (χ4n) is 0.778. The first-order valence-electron chi connectivity index (χ1n) is 3.35. The van der Waals surface area contributed by atoms with Gasteiger partial charge in [0.05, 0.1) is 0 Å².